The van der Waals surface area contributed by atoms with Gasteiger partial charge in [-0.1, -0.05) is 27.2 Å². The molecule has 2 N–H and O–H groups in total. The molecule has 2 atom stereocenters. The monoisotopic (exact) mass is 298 g/mol. The summed E-state index contributed by atoms with van der Waals surface area (Å²) in [5.41, 5.74) is -0.670. The molecule has 1 aliphatic rings. The fourth-order valence-corrected chi connectivity index (χ4v) is 3.00. The molecular weight excluding hydrogens is 268 g/mol. The van der Waals surface area contributed by atoms with Crippen LogP contribution in [0.5, 0.6) is 0 Å². The summed E-state index contributed by atoms with van der Waals surface area (Å²) in [6.45, 7) is 9.75. The first-order chi connectivity index (χ1) is 9.80. The molecule has 122 valence electrons. The van der Waals surface area contributed by atoms with Gasteiger partial charge in [-0.05, 0) is 38.6 Å². The molecule has 1 heterocycles. The molecule has 0 aromatic heterocycles. The molecule has 1 amide bonds. The third kappa shape index (κ3) is 4.99. The second-order valence-electron chi connectivity index (χ2n) is 6.75. The van der Waals surface area contributed by atoms with E-state index in [1.165, 1.54) is 0 Å². The van der Waals surface area contributed by atoms with Crippen LogP contribution in [0.15, 0.2) is 0 Å². The Kier molecular flexibility index (Phi) is 6.65. The number of nitrogens with zero attached hydrogens (tertiary/aromatic N) is 1. The summed E-state index contributed by atoms with van der Waals surface area (Å²) in [5, 5.41) is 12.5. The summed E-state index contributed by atoms with van der Waals surface area (Å²) in [6.07, 6.45) is 3.11. The van der Waals surface area contributed by atoms with Crippen molar-refractivity contribution in [2.24, 2.45) is 11.3 Å². The van der Waals surface area contributed by atoms with Gasteiger partial charge in [-0.2, -0.15) is 0 Å². The summed E-state index contributed by atoms with van der Waals surface area (Å²) < 4.78 is 0. The lowest BCUT2D eigenvalue weighted by Gasteiger charge is -2.39. The van der Waals surface area contributed by atoms with Gasteiger partial charge in [0, 0.05) is 12.6 Å². The van der Waals surface area contributed by atoms with Crippen molar-refractivity contribution in [1.82, 2.24) is 10.2 Å². The van der Waals surface area contributed by atoms with Gasteiger partial charge in [0.2, 0.25) is 5.91 Å². The maximum atomic E-state index is 12.1. The van der Waals surface area contributed by atoms with E-state index in [9.17, 15) is 14.7 Å². The minimum absolute atomic E-state index is 0.00566. The molecule has 2 unspecified atom stereocenters. The second kappa shape index (κ2) is 7.78. The van der Waals surface area contributed by atoms with Crippen LogP contribution in [0.2, 0.25) is 0 Å². The van der Waals surface area contributed by atoms with Gasteiger partial charge >= 0.3 is 5.97 Å². The number of hydrogen-bond donors (Lipinski definition) is 2. The molecule has 0 bridgehead atoms. The Hall–Kier alpha value is -1.10. The van der Waals surface area contributed by atoms with Crippen LogP contribution in [0.3, 0.4) is 0 Å². The third-order valence-electron chi connectivity index (χ3n) is 4.59. The van der Waals surface area contributed by atoms with Crippen LogP contribution >= 0.6 is 0 Å². The number of rotatable bonds is 7. The minimum Gasteiger partial charge on any atom is -0.481 e. The summed E-state index contributed by atoms with van der Waals surface area (Å²) in [5.74, 6) is -0.326. The molecule has 0 aromatic rings. The average Bonchev–Trinajstić information content (AvgIpc) is 2.38. The molecule has 1 saturated heterocycles. The molecule has 5 heteroatoms. The smallest absolute Gasteiger partial charge is 0.310 e. The molecule has 21 heavy (non-hydrogen) atoms. The normalized spacial score (nSPS) is 24.8. The van der Waals surface area contributed by atoms with Gasteiger partial charge in [-0.3, -0.25) is 14.5 Å². The Labute approximate surface area is 128 Å². The van der Waals surface area contributed by atoms with Crippen molar-refractivity contribution in [3.8, 4) is 0 Å². The van der Waals surface area contributed by atoms with Gasteiger partial charge in [-0.25, -0.2) is 0 Å². The highest BCUT2D eigenvalue weighted by Gasteiger charge is 2.41. The number of amides is 1. The predicted octanol–water partition coefficient (Wildman–Crippen LogP) is 2.11. The molecule has 1 fully saturated rings. The topological polar surface area (TPSA) is 69.6 Å². The fraction of sp³-hybridized carbons (Fsp3) is 0.875. The number of carbonyl (C=O) groups excluding carboxylic acids is 1. The molecule has 0 aliphatic carbocycles. The van der Waals surface area contributed by atoms with Crippen LogP contribution in [-0.2, 0) is 9.59 Å². The van der Waals surface area contributed by atoms with Crippen LogP contribution in [0, 0.1) is 11.3 Å². The van der Waals surface area contributed by atoms with Gasteiger partial charge < -0.3 is 10.4 Å². The van der Waals surface area contributed by atoms with Crippen molar-refractivity contribution in [3.05, 3.63) is 0 Å². The van der Waals surface area contributed by atoms with Crippen LogP contribution in [0.1, 0.15) is 53.4 Å². The average molecular weight is 298 g/mol. The molecule has 5 nitrogen and oxygen atoms in total. The Bertz CT molecular complexity index is 367. The minimum atomic E-state index is -0.718. The van der Waals surface area contributed by atoms with E-state index in [2.05, 4.69) is 19.2 Å². The van der Waals surface area contributed by atoms with Crippen molar-refractivity contribution in [3.63, 3.8) is 0 Å². The predicted molar refractivity (Wildman–Crippen MR) is 83.1 cm³/mol. The fourth-order valence-electron chi connectivity index (χ4n) is 3.00. The van der Waals surface area contributed by atoms with E-state index < -0.39 is 11.4 Å². The van der Waals surface area contributed by atoms with Gasteiger partial charge in [0.25, 0.3) is 0 Å². The van der Waals surface area contributed by atoms with Gasteiger partial charge in [0.15, 0.2) is 0 Å². The number of hydrogen-bond acceptors (Lipinski definition) is 3. The van der Waals surface area contributed by atoms with E-state index in [0.29, 0.717) is 25.4 Å². The lowest BCUT2D eigenvalue weighted by atomic mass is 9.76. The Morgan fingerprint density at radius 1 is 1.33 bits per heavy atom. The first-order valence-electron chi connectivity index (χ1n) is 8.06. The van der Waals surface area contributed by atoms with E-state index in [1.54, 1.807) is 0 Å². The number of carbonyl (C=O) groups is 2. The van der Waals surface area contributed by atoms with Crippen molar-refractivity contribution >= 4 is 11.9 Å². The highest BCUT2D eigenvalue weighted by atomic mass is 16.4. The number of carboxylic acids is 1. The highest BCUT2D eigenvalue weighted by Crippen LogP contribution is 2.34. The van der Waals surface area contributed by atoms with Crippen molar-refractivity contribution < 1.29 is 14.7 Å². The van der Waals surface area contributed by atoms with Gasteiger partial charge in [-0.15, -0.1) is 0 Å². The van der Waals surface area contributed by atoms with Crippen LogP contribution in [0.25, 0.3) is 0 Å². The van der Waals surface area contributed by atoms with Gasteiger partial charge in [0.05, 0.1) is 12.0 Å². The zero-order valence-electron chi connectivity index (χ0n) is 13.8. The molecule has 1 aliphatic heterocycles. The Morgan fingerprint density at radius 3 is 2.52 bits per heavy atom. The molecule has 0 saturated carbocycles. The van der Waals surface area contributed by atoms with E-state index in [0.717, 1.165) is 25.8 Å². The summed E-state index contributed by atoms with van der Waals surface area (Å²) in [6, 6.07) is 0.141. The van der Waals surface area contributed by atoms with Crippen molar-refractivity contribution in [1.29, 1.82) is 0 Å². The number of piperidine rings is 1. The van der Waals surface area contributed by atoms with Crippen molar-refractivity contribution in [2.75, 3.05) is 19.6 Å². The van der Waals surface area contributed by atoms with Crippen LogP contribution in [-0.4, -0.2) is 47.6 Å². The number of nitrogens with one attached hydrogen (secondary N) is 1. The molecule has 0 spiro atoms. The SMILES string of the molecule is CCCC1(C(=O)O)CCCN(CC(=O)NC(C)C(C)C)C1. The third-order valence-corrected chi connectivity index (χ3v) is 4.59. The molecule has 0 radical (unpaired) electrons. The zero-order valence-corrected chi connectivity index (χ0v) is 13.8. The molecular formula is C16H30N2O3. The van der Waals surface area contributed by atoms with Crippen molar-refractivity contribution in [2.45, 2.75) is 59.4 Å². The lowest BCUT2D eigenvalue weighted by Crippen LogP contribution is -2.51. The van der Waals surface area contributed by atoms with E-state index in [4.69, 9.17) is 0 Å². The lowest BCUT2D eigenvalue weighted by molar-refractivity contribution is -0.154. The highest BCUT2D eigenvalue weighted by molar-refractivity contribution is 5.79. The standard InChI is InChI=1S/C16H30N2O3/c1-5-7-16(15(20)21)8-6-9-18(11-16)10-14(19)17-13(4)12(2)3/h12-13H,5-11H2,1-4H3,(H,17,19)(H,20,21). The number of carboxylic acid groups (broad SMARTS) is 1. The largest absolute Gasteiger partial charge is 0.481 e. The maximum absolute atomic E-state index is 12.1. The Morgan fingerprint density at radius 2 is 2.00 bits per heavy atom. The molecule has 1 rings (SSSR count). The van der Waals surface area contributed by atoms with E-state index in [-0.39, 0.29) is 11.9 Å². The van der Waals surface area contributed by atoms with Gasteiger partial charge in [0.1, 0.15) is 0 Å². The van der Waals surface area contributed by atoms with Crippen LogP contribution in [0.4, 0.5) is 0 Å². The van der Waals surface area contributed by atoms with E-state index >= 15 is 0 Å². The number of aliphatic carboxylic acids is 1. The summed E-state index contributed by atoms with van der Waals surface area (Å²) >= 11 is 0. The Balaban J connectivity index is 2.60. The second-order valence-corrected chi connectivity index (χ2v) is 6.75. The first-order valence-corrected chi connectivity index (χ1v) is 8.06. The maximum Gasteiger partial charge on any atom is 0.310 e. The number of likely N-dealkylation sites (tertiary alicyclic amines) is 1. The molecule has 0 aromatic carbocycles. The zero-order chi connectivity index (χ0) is 16.0. The summed E-state index contributed by atoms with van der Waals surface area (Å²) in [4.78, 5) is 25.7. The van der Waals surface area contributed by atoms with Crippen LogP contribution < -0.4 is 5.32 Å². The first kappa shape index (κ1) is 18.0. The quantitative estimate of drug-likeness (QED) is 0.755. The van der Waals surface area contributed by atoms with E-state index in [1.807, 2.05) is 18.7 Å². The summed E-state index contributed by atoms with van der Waals surface area (Å²) in [7, 11) is 0.